The molecule has 1 aromatic carbocycles. The summed E-state index contributed by atoms with van der Waals surface area (Å²) in [6.07, 6.45) is 1.62. The highest BCUT2D eigenvalue weighted by Crippen LogP contribution is 2.39. The first-order valence-electron chi connectivity index (χ1n) is 7.64. The predicted molar refractivity (Wildman–Crippen MR) is 90.9 cm³/mol. The smallest absolute Gasteiger partial charge is 0.320 e. The van der Waals surface area contributed by atoms with E-state index in [2.05, 4.69) is 15.1 Å². The van der Waals surface area contributed by atoms with Gasteiger partial charge in [0.15, 0.2) is 11.3 Å². The van der Waals surface area contributed by atoms with E-state index in [1.807, 2.05) is 0 Å². The summed E-state index contributed by atoms with van der Waals surface area (Å²) >= 11 is 0. The van der Waals surface area contributed by atoms with Crippen molar-refractivity contribution in [1.82, 2.24) is 15.1 Å². The van der Waals surface area contributed by atoms with Crippen LogP contribution in [0.3, 0.4) is 0 Å². The molecule has 4 rings (SSSR count). The van der Waals surface area contributed by atoms with Crippen molar-refractivity contribution in [2.24, 2.45) is 0 Å². The summed E-state index contributed by atoms with van der Waals surface area (Å²) in [6.45, 7) is 0. The summed E-state index contributed by atoms with van der Waals surface area (Å²) in [4.78, 5) is 10.1. The van der Waals surface area contributed by atoms with E-state index in [0.29, 0.717) is 16.7 Å². The van der Waals surface area contributed by atoms with Crippen LogP contribution < -0.4 is 4.90 Å². The van der Waals surface area contributed by atoms with Crippen molar-refractivity contribution in [2.45, 2.75) is 5.92 Å². The van der Waals surface area contributed by atoms with Gasteiger partial charge in [0.05, 0.1) is 5.52 Å². The van der Waals surface area contributed by atoms with Crippen LogP contribution in [-0.4, -0.2) is 29.2 Å². The van der Waals surface area contributed by atoms with Crippen molar-refractivity contribution >= 4 is 27.8 Å². The van der Waals surface area contributed by atoms with Crippen molar-refractivity contribution < 1.29 is 13.3 Å². The lowest BCUT2D eigenvalue weighted by atomic mass is 10.0. The summed E-state index contributed by atoms with van der Waals surface area (Å²) in [5.41, 5.74) is 0.264. The Labute approximate surface area is 141 Å². The van der Waals surface area contributed by atoms with E-state index in [1.54, 1.807) is 55.5 Å². The molecule has 0 atom stereocenters. The number of halogens is 2. The monoisotopic (exact) mass is 340 g/mol. The molecule has 0 spiro atoms. The molecular weight excluding hydrogens is 326 g/mol. The fraction of sp³-hybridized carbons (Fsp3) is 0.167. The third-order valence-electron chi connectivity index (χ3n) is 4.02. The highest BCUT2D eigenvalue weighted by molar-refractivity contribution is 5.81. The van der Waals surface area contributed by atoms with E-state index in [-0.39, 0.29) is 16.7 Å². The summed E-state index contributed by atoms with van der Waals surface area (Å²) in [6, 6.07) is 11.1. The van der Waals surface area contributed by atoms with E-state index < -0.39 is 11.6 Å². The third kappa shape index (κ3) is 2.48. The first kappa shape index (κ1) is 15.4. The number of aromatic nitrogens is 3. The van der Waals surface area contributed by atoms with Crippen molar-refractivity contribution in [1.29, 1.82) is 0 Å². The van der Waals surface area contributed by atoms with Crippen LogP contribution in [0, 0.1) is 0 Å². The standard InChI is InChI=1S/C18H14F2N4O/c1-24(2)15-8-7-14-16(22-15)17(23-25-14)18(19,20)12-5-6-13-11(10-12)4-3-9-21-13/h3-10H,1-2H3. The Hall–Kier alpha value is -3.09. The maximum absolute atomic E-state index is 15.1. The number of benzene rings is 1. The van der Waals surface area contributed by atoms with Crippen LogP contribution in [0.25, 0.3) is 22.0 Å². The molecule has 3 heterocycles. The number of anilines is 1. The molecule has 0 aliphatic heterocycles. The van der Waals surface area contributed by atoms with E-state index >= 15 is 8.78 Å². The fourth-order valence-corrected chi connectivity index (χ4v) is 2.68. The van der Waals surface area contributed by atoms with Crippen LogP contribution in [0.15, 0.2) is 53.2 Å². The lowest BCUT2D eigenvalue weighted by Gasteiger charge is -2.15. The maximum atomic E-state index is 15.1. The molecule has 0 amide bonds. The van der Waals surface area contributed by atoms with Crippen molar-refractivity contribution in [3.63, 3.8) is 0 Å². The molecule has 0 radical (unpaired) electrons. The first-order valence-corrected chi connectivity index (χ1v) is 7.64. The van der Waals surface area contributed by atoms with E-state index in [4.69, 9.17) is 4.52 Å². The fourth-order valence-electron chi connectivity index (χ4n) is 2.68. The molecule has 0 saturated carbocycles. The molecule has 5 nitrogen and oxygen atoms in total. The van der Waals surface area contributed by atoms with Crippen LogP contribution in [-0.2, 0) is 5.92 Å². The summed E-state index contributed by atoms with van der Waals surface area (Å²) < 4.78 is 35.3. The Morgan fingerprint density at radius 3 is 2.72 bits per heavy atom. The second-order valence-electron chi connectivity index (χ2n) is 5.93. The molecule has 0 saturated heterocycles. The summed E-state index contributed by atoms with van der Waals surface area (Å²) in [5, 5.41) is 4.24. The van der Waals surface area contributed by atoms with Gasteiger partial charge in [0.2, 0.25) is 0 Å². The molecule has 3 aromatic heterocycles. The van der Waals surface area contributed by atoms with Gasteiger partial charge in [0.1, 0.15) is 11.3 Å². The number of rotatable bonds is 3. The SMILES string of the molecule is CN(C)c1ccc2onc(C(F)(F)c3ccc4ncccc4c3)c2n1. The van der Waals surface area contributed by atoms with Gasteiger partial charge in [-0.1, -0.05) is 17.3 Å². The number of pyridine rings is 2. The van der Waals surface area contributed by atoms with E-state index in [9.17, 15) is 0 Å². The number of alkyl halides is 2. The molecule has 0 aliphatic carbocycles. The number of nitrogens with zero attached hydrogens (tertiary/aromatic N) is 4. The van der Waals surface area contributed by atoms with Gasteiger partial charge >= 0.3 is 5.92 Å². The molecule has 25 heavy (non-hydrogen) atoms. The van der Waals surface area contributed by atoms with Gasteiger partial charge in [0.25, 0.3) is 0 Å². The first-order chi connectivity index (χ1) is 12.0. The van der Waals surface area contributed by atoms with Gasteiger partial charge in [-0.15, -0.1) is 0 Å². The highest BCUT2D eigenvalue weighted by Gasteiger charge is 2.40. The van der Waals surface area contributed by atoms with Gasteiger partial charge in [-0.3, -0.25) is 4.98 Å². The van der Waals surface area contributed by atoms with Crippen LogP contribution in [0.5, 0.6) is 0 Å². The molecule has 0 N–H and O–H groups in total. The minimum atomic E-state index is -3.34. The lowest BCUT2D eigenvalue weighted by molar-refractivity contribution is 0.0361. The molecule has 126 valence electrons. The van der Waals surface area contributed by atoms with Crippen LogP contribution >= 0.6 is 0 Å². The Bertz CT molecular complexity index is 1080. The highest BCUT2D eigenvalue weighted by atomic mass is 19.3. The zero-order valence-electron chi connectivity index (χ0n) is 13.6. The lowest BCUT2D eigenvalue weighted by Crippen LogP contribution is -2.17. The molecule has 0 aliphatic rings. The molecule has 7 heteroatoms. The van der Waals surface area contributed by atoms with Crippen LogP contribution in [0.2, 0.25) is 0 Å². The minimum absolute atomic E-state index is 0.0579. The molecule has 0 unspecified atom stereocenters. The van der Waals surface area contributed by atoms with E-state index in [1.165, 1.54) is 12.1 Å². The Kier molecular flexibility index (Phi) is 3.38. The molecule has 0 fully saturated rings. The van der Waals surface area contributed by atoms with Gasteiger partial charge in [-0.05, 0) is 30.3 Å². The molecule has 0 bridgehead atoms. The van der Waals surface area contributed by atoms with Crippen molar-refractivity contribution in [3.8, 4) is 0 Å². The maximum Gasteiger partial charge on any atom is 0.320 e. The summed E-state index contributed by atoms with van der Waals surface area (Å²) in [7, 11) is 3.58. The van der Waals surface area contributed by atoms with E-state index in [0.717, 1.165) is 0 Å². The van der Waals surface area contributed by atoms with Crippen LogP contribution in [0.1, 0.15) is 11.3 Å². The number of hydrogen-bond acceptors (Lipinski definition) is 5. The van der Waals surface area contributed by atoms with Crippen molar-refractivity contribution in [2.75, 3.05) is 19.0 Å². The third-order valence-corrected chi connectivity index (χ3v) is 4.02. The molecular formula is C18H14F2N4O. The van der Waals surface area contributed by atoms with Gasteiger partial charge in [-0.2, -0.15) is 8.78 Å². The Morgan fingerprint density at radius 1 is 1.08 bits per heavy atom. The number of fused-ring (bicyclic) bond motifs is 2. The average Bonchev–Trinajstić information content (AvgIpc) is 3.05. The topological polar surface area (TPSA) is 55.1 Å². The van der Waals surface area contributed by atoms with Crippen molar-refractivity contribution in [3.05, 3.63) is 59.9 Å². The Morgan fingerprint density at radius 2 is 1.92 bits per heavy atom. The second-order valence-corrected chi connectivity index (χ2v) is 5.93. The largest absolute Gasteiger partial charge is 0.363 e. The predicted octanol–water partition coefficient (Wildman–Crippen LogP) is 3.98. The minimum Gasteiger partial charge on any atom is -0.363 e. The number of hydrogen-bond donors (Lipinski definition) is 0. The quantitative estimate of drug-likeness (QED) is 0.565. The summed E-state index contributed by atoms with van der Waals surface area (Å²) in [5.74, 6) is -2.79. The van der Waals surface area contributed by atoms with Gasteiger partial charge in [0, 0.05) is 31.2 Å². The van der Waals surface area contributed by atoms with Gasteiger partial charge < -0.3 is 9.42 Å². The second kappa shape index (κ2) is 5.47. The average molecular weight is 340 g/mol. The zero-order chi connectivity index (χ0) is 17.6. The zero-order valence-corrected chi connectivity index (χ0v) is 13.6. The molecule has 4 aromatic rings. The normalized spacial score (nSPS) is 12.0. The Balaban J connectivity index is 1.88. The van der Waals surface area contributed by atoms with Gasteiger partial charge in [-0.25, -0.2) is 4.98 Å². The van der Waals surface area contributed by atoms with Crippen LogP contribution in [0.4, 0.5) is 14.6 Å².